The van der Waals surface area contributed by atoms with Crippen LogP contribution in [0.25, 0.3) is 11.5 Å². The molecule has 2 aromatic heterocycles. The van der Waals surface area contributed by atoms with Gasteiger partial charge in [0.2, 0.25) is 0 Å². The van der Waals surface area contributed by atoms with Crippen LogP contribution >= 0.6 is 11.6 Å². The van der Waals surface area contributed by atoms with Gasteiger partial charge < -0.3 is 5.32 Å². The van der Waals surface area contributed by atoms with Crippen LogP contribution in [0.1, 0.15) is 11.1 Å². The smallest absolute Gasteiger partial charge is 0.334 e. The van der Waals surface area contributed by atoms with E-state index in [4.69, 9.17) is 11.6 Å². The van der Waals surface area contributed by atoms with Crippen LogP contribution < -0.4 is 5.32 Å². The van der Waals surface area contributed by atoms with Crippen LogP contribution in [0.2, 0.25) is 5.15 Å². The van der Waals surface area contributed by atoms with Gasteiger partial charge in [-0.1, -0.05) is 17.7 Å². The van der Waals surface area contributed by atoms with Gasteiger partial charge in [-0.15, -0.1) is 0 Å². The predicted octanol–water partition coefficient (Wildman–Crippen LogP) is 5.88. The van der Waals surface area contributed by atoms with Crippen LogP contribution in [0.5, 0.6) is 0 Å². The van der Waals surface area contributed by atoms with Crippen molar-refractivity contribution >= 4 is 28.8 Å². The fourth-order valence-corrected chi connectivity index (χ4v) is 2.75. The Morgan fingerprint density at radius 1 is 1.00 bits per heavy atom. The largest absolute Gasteiger partial charge is 0.422 e. The van der Waals surface area contributed by atoms with Gasteiger partial charge in [0.25, 0.3) is 5.69 Å². The Morgan fingerprint density at radius 2 is 1.71 bits per heavy atom. The van der Waals surface area contributed by atoms with Crippen LogP contribution in [0, 0.1) is 10.1 Å². The van der Waals surface area contributed by atoms with E-state index in [-0.39, 0.29) is 17.6 Å². The first-order valence-corrected chi connectivity index (χ1v) is 8.44. The average Bonchev–Trinajstić information content (AvgIpc) is 2.66. The van der Waals surface area contributed by atoms with E-state index in [1.807, 2.05) is 0 Å². The molecule has 0 aliphatic rings. The fraction of sp³-hybridized carbons (Fsp3) is 0.118. The molecule has 1 aromatic carbocycles. The third kappa shape index (κ3) is 4.82. The molecular formula is C17H8ClF6N5O2. The molecule has 0 bridgehead atoms. The van der Waals surface area contributed by atoms with Crippen molar-refractivity contribution < 1.29 is 31.3 Å². The highest BCUT2D eigenvalue weighted by atomic mass is 35.5. The number of nitro groups is 1. The zero-order valence-electron chi connectivity index (χ0n) is 14.8. The predicted molar refractivity (Wildman–Crippen MR) is 96.7 cm³/mol. The molecule has 7 nitrogen and oxygen atoms in total. The van der Waals surface area contributed by atoms with Gasteiger partial charge in [-0.3, -0.25) is 15.1 Å². The number of nitro benzene ring substituents is 1. The molecule has 0 saturated carbocycles. The van der Waals surface area contributed by atoms with Gasteiger partial charge in [-0.05, 0) is 24.3 Å². The molecule has 0 unspecified atom stereocenters. The molecule has 0 aliphatic carbocycles. The van der Waals surface area contributed by atoms with Gasteiger partial charge in [-0.2, -0.15) is 26.3 Å². The first-order chi connectivity index (χ1) is 14.4. The van der Waals surface area contributed by atoms with Crippen molar-refractivity contribution in [3.8, 4) is 11.5 Å². The molecule has 0 fully saturated rings. The van der Waals surface area contributed by atoms with Gasteiger partial charge in [0.05, 0.1) is 10.5 Å². The molecule has 3 aromatic rings. The van der Waals surface area contributed by atoms with E-state index in [2.05, 4.69) is 20.3 Å². The van der Waals surface area contributed by atoms with Crippen LogP contribution in [0.4, 0.5) is 43.5 Å². The fourth-order valence-electron chi connectivity index (χ4n) is 2.48. The molecule has 162 valence electrons. The molecule has 0 amide bonds. The van der Waals surface area contributed by atoms with Crippen molar-refractivity contribution in [3.63, 3.8) is 0 Å². The summed E-state index contributed by atoms with van der Waals surface area (Å²) in [7, 11) is 0. The normalized spacial score (nSPS) is 12.0. The van der Waals surface area contributed by atoms with E-state index in [1.165, 1.54) is 24.4 Å². The SMILES string of the molecule is O=[N+]([O-])c1cc(C(F)(F)F)ccc1Nc1nc(-c2ccccn2)nc(Cl)c1C(F)(F)F. The number of benzene rings is 1. The number of pyridine rings is 1. The number of nitrogens with zero attached hydrogens (tertiary/aromatic N) is 4. The second-order valence-electron chi connectivity index (χ2n) is 5.89. The highest BCUT2D eigenvalue weighted by molar-refractivity contribution is 6.30. The minimum atomic E-state index is -5.08. The summed E-state index contributed by atoms with van der Waals surface area (Å²) in [6.07, 6.45) is -8.66. The Labute approximate surface area is 173 Å². The number of anilines is 2. The lowest BCUT2D eigenvalue weighted by Crippen LogP contribution is -2.14. The Bertz CT molecular complexity index is 1140. The molecule has 0 radical (unpaired) electrons. The van der Waals surface area contributed by atoms with Crippen LogP contribution in [-0.4, -0.2) is 19.9 Å². The maximum absolute atomic E-state index is 13.5. The lowest BCUT2D eigenvalue weighted by Gasteiger charge is -2.16. The standard InChI is InChI=1S/C17H8ClF6N5O2/c18-13-12(17(22,23)24)15(28-14(27-13)10-3-1-2-6-25-10)26-9-5-4-8(16(19,20)21)7-11(9)29(30)31/h1-7H,(H,26,27,28). The topological polar surface area (TPSA) is 93.8 Å². The molecule has 0 saturated heterocycles. The van der Waals surface area contributed by atoms with E-state index in [9.17, 15) is 36.5 Å². The number of hydrogen-bond donors (Lipinski definition) is 1. The molecule has 0 spiro atoms. The van der Waals surface area contributed by atoms with Gasteiger partial charge in [0.15, 0.2) is 5.82 Å². The molecule has 14 heteroatoms. The molecule has 0 aliphatic heterocycles. The van der Waals surface area contributed by atoms with Crippen molar-refractivity contribution in [1.82, 2.24) is 15.0 Å². The Hall–Kier alpha value is -3.48. The maximum atomic E-state index is 13.5. The summed E-state index contributed by atoms with van der Waals surface area (Å²) in [6.45, 7) is 0. The minimum Gasteiger partial charge on any atom is -0.334 e. The number of nitrogens with one attached hydrogen (secondary N) is 1. The van der Waals surface area contributed by atoms with Crippen LogP contribution in [0.3, 0.4) is 0 Å². The highest BCUT2D eigenvalue weighted by Gasteiger charge is 2.39. The summed E-state index contributed by atoms with van der Waals surface area (Å²) in [4.78, 5) is 21.2. The van der Waals surface area contributed by atoms with E-state index >= 15 is 0 Å². The summed E-state index contributed by atoms with van der Waals surface area (Å²) in [6, 6.07) is 5.70. The second kappa shape index (κ2) is 7.98. The first-order valence-electron chi connectivity index (χ1n) is 8.06. The van der Waals surface area contributed by atoms with Gasteiger partial charge in [0.1, 0.15) is 27.9 Å². The van der Waals surface area contributed by atoms with Gasteiger partial charge in [0, 0.05) is 12.3 Å². The summed E-state index contributed by atoms with van der Waals surface area (Å²) < 4.78 is 79.2. The van der Waals surface area contributed by atoms with Crippen molar-refractivity contribution in [2.24, 2.45) is 0 Å². The number of hydrogen-bond acceptors (Lipinski definition) is 6. The number of halogens is 7. The molecular weight excluding hydrogens is 456 g/mol. The quantitative estimate of drug-likeness (QED) is 0.225. The van der Waals surface area contributed by atoms with E-state index in [1.54, 1.807) is 0 Å². The maximum Gasteiger partial charge on any atom is 0.422 e. The zero-order valence-corrected chi connectivity index (χ0v) is 15.5. The average molecular weight is 464 g/mol. The second-order valence-corrected chi connectivity index (χ2v) is 6.24. The van der Waals surface area contributed by atoms with Crippen molar-refractivity contribution in [2.75, 3.05) is 5.32 Å². The summed E-state index contributed by atoms with van der Waals surface area (Å²) >= 11 is 5.70. The van der Waals surface area contributed by atoms with Crippen molar-refractivity contribution in [2.45, 2.75) is 12.4 Å². The Morgan fingerprint density at radius 3 is 2.26 bits per heavy atom. The summed E-state index contributed by atoms with van der Waals surface area (Å²) in [5.74, 6) is -1.33. The van der Waals surface area contributed by atoms with Crippen LogP contribution in [-0.2, 0) is 12.4 Å². The van der Waals surface area contributed by atoms with Crippen LogP contribution in [0.15, 0.2) is 42.6 Å². The van der Waals surface area contributed by atoms with Gasteiger partial charge in [-0.25, -0.2) is 9.97 Å². The van der Waals surface area contributed by atoms with Crippen molar-refractivity contribution in [3.05, 3.63) is 69.0 Å². The molecule has 1 N–H and O–H groups in total. The number of alkyl halides is 6. The first kappa shape index (κ1) is 22.2. The Balaban J connectivity index is 2.18. The number of aromatic nitrogens is 3. The molecule has 0 atom stereocenters. The van der Waals surface area contributed by atoms with E-state index < -0.39 is 50.7 Å². The van der Waals surface area contributed by atoms with E-state index in [0.717, 1.165) is 0 Å². The van der Waals surface area contributed by atoms with Gasteiger partial charge >= 0.3 is 12.4 Å². The lowest BCUT2D eigenvalue weighted by atomic mass is 10.1. The third-order valence-corrected chi connectivity index (χ3v) is 4.09. The zero-order chi connectivity index (χ0) is 23.0. The third-order valence-electron chi connectivity index (χ3n) is 3.82. The molecule has 31 heavy (non-hydrogen) atoms. The van der Waals surface area contributed by atoms with Crippen molar-refractivity contribution in [1.29, 1.82) is 0 Å². The lowest BCUT2D eigenvalue weighted by molar-refractivity contribution is -0.384. The Kier molecular flexibility index (Phi) is 5.72. The monoisotopic (exact) mass is 463 g/mol. The summed E-state index contributed by atoms with van der Waals surface area (Å²) in [5, 5.41) is 12.3. The molecule has 2 heterocycles. The summed E-state index contributed by atoms with van der Waals surface area (Å²) in [5.41, 5.74) is -4.64. The highest BCUT2D eigenvalue weighted by Crippen LogP contribution is 2.42. The number of rotatable bonds is 4. The molecule has 3 rings (SSSR count). The van der Waals surface area contributed by atoms with E-state index in [0.29, 0.717) is 12.1 Å². The minimum absolute atomic E-state index is 0.0445.